The molecule has 7 heteroatoms. The van der Waals surface area contributed by atoms with Crippen LogP contribution in [0.3, 0.4) is 0 Å². The summed E-state index contributed by atoms with van der Waals surface area (Å²) in [5.41, 5.74) is 2.05. The van der Waals surface area contributed by atoms with E-state index < -0.39 is 0 Å². The summed E-state index contributed by atoms with van der Waals surface area (Å²) in [6.45, 7) is 0.318. The van der Waals surface area contributed by atoms with E-state index in [0.717, 1.165) is 14.9 Å². The number of halogens is 2. The van der Waals surface area contributed by atoms with Gasteiger partial charge in [0, 0.05) is 10.7 Å². The van der Waals surface area contributed by atoms with E-state index in [1.807, 2.05) is 48.5 Å². The summed E-state index contributed by atoms with van der Waals surface area (Å²) in [7, 11) is 0. The maximum absolute atomic E-state index is 13.3. The van der Waals surface area contributed by atoms with Crippen molar-refractivity contribution in [2.75, 3.05) is 4.90 Å². The predicted molar refractivity (Wildman–Crippen MR) is 114 cm³/mol. The minimum atomic E-state index is -0.150. The lowest BCUT2D eigenvalue weighted by Crippen LogP contribution is -2.31. The zero-order valence-corrected chi connectivity index (χ0v) is 17.1. The van der Waals surface area contributed by atoms with Gasteiger partial charge in [-0.25, -0.2) is 4.98 Å². The average Bonchev–Trinajstić information content (AvgIpc) is 3.12. The smallest absolute Gasteiger partial charge is 0.261 e. The third-order valence-electron chi connectivity index (χ3n) is 3.99. The molecular formula is C20H13BrClN3OS. The van der Waals surface area contributed by atoms with E-state index in [1.165, 1.54) is 11.3 Å². The molecule has 27 heavy (non-hydrogen) atoms. The van der Waals surface area contributed by atoms with Gasteiger partial charge in [-0.2, -0.15) is 0 Å². The number of nitrogens with zero attached hydrogens (tertiary/aromatic N) is 3. The van der Waals surface area contributed by atoms with Crippen molar-refractivity contribution in [2.45, 2.75) is 6.54 Å². The lowest BCUT2D eigenvalue weighted by molar-refractivity contribution is 0.0984. The van der Waals surface area contributed by atoms with Crippen LogP contribution in [0.1, 0.15) is 16.1 Å². The summed E-state index contributed by atoms with van der Waals surface area (Å²) >= 11 is 11.2. The monoisotopic (exact) mass is 457 g/mol. The van der Waals surface area contributed by atoms with Crippen LogP contribution in [0.5, 0.6) is 0 Å². The normalized spacial score (nSPS) is 10.9. The number of hydrogen-bond donors (Lipinski definition) is 0. The molecule has 134 valence electrons. The van der Waals surface area contributed by atoms with Gasteiger partial charge < -0.3 is 0 Å². The first-order chi connectivity index (χ1) is 13.1. The Morgan fingerprint density at radius 3 is 2.63 bits per heavy atom. The van der Waals surface area contributed by atoms with Crippen LogP contribution in [0.2, 0.25) is 5.02 Å². The third kappa shape index (κ3) is 3.74. The molecule has 0 aliphatic heterocycles. The summed E-state index contributed by atoms with van der Waals surface area (Å²) < 4.78 is 1.67. The topological polar surface area (TPSA) is 46.1 Å². The zero-order chi connectivity index (χ0) is 18.8. The summed E-state index contributed by atoms with van der Waals surface area (Å²) in [6, 6.07) is 18.6. The number of anilines is 1. The average molecular weight is 459 g/mol. The van der Waals surface area contributed by atoms with Crippen LogP contribution in [-0.4, -0.2) is 15.9 Å². The molecule has 0 saturated heterocycles. The summed E-state index contributed by atoms with van der Waals surface area (Å²) in [6.07, 6.45) is 1.71. The van der Waals surface area contributed by atoms with E-state index in [4.69, 9.17) is 11.6 Å². The SMILES string of the molecule is O=C(c1ccccc1Br)N(Cc1ccccn1)c1nc2c(Cl)cccc2s1. The molecular weight excluding hydrogens is 446 g/mol. The quantitative estimate of drug-likeness (QED) is 0.379. The number of hydrogen-bond acceptors (Lipinski definition) is 4. The van der Waals surface area contributed by atoms with Gasteiger partial charge in [0.25, 0.3) is 5.91 Å². The molecule has 2 aromatic carbocycles. The Hall–Kier alpha value is -2.28. The van der Waals surface area contributed by atoms with E-state index in [2.05, 4.69) is 25.9 Å². The minimum absolute atomic E-state index is 0.150. The number of para-hydroxylation sites is 1. The molecule has 4 nitrogen and oxygen atoms in total. The van der Waals surface area contributed by atoms with Gasteiger partial charge in [-0.15, -0.1) is 0 Å². The molecule has 0 aliphatic carbocycles. The molecule has 2 heterocycles. The van der Waals surface area contributed by atoms with Gasteiger partial charge in [0.1, 0.15) is 5.52 Å². The van der Waals surface area contributed by atoms with Crippen LogP contribution >= 0.6 is 38.9 Å². The zero-order valence-electron chi connectivity index (χ0n) is 14.0. The number of rotatable bonds is 4. The molecule has 4 rings (SSSR count). The number of carbonyl (C=O) groups excluding carboxylic acids is 1. The number of amides is 1. The standard InChI is InChI=1S/C20H13BrClN3OS/c21-15-8-2-1-7-14(15)19(26)25(12-13-6-3-4-11-23-13)20-24-18-16(22)9-5-10-17(18)27-20/h1-11H,12H2. The second-order valence-electron chi connectivity index (χ2n) is 5.78. The van der Waals surface area contributed by atoms with Gasteiger partial charge in [-0.05, 0) is 52.3 Å². The van der Waals surface area contributed by atoms with Gasteiger partial charge in [-0.1, -0.05) is 47.2 Å². The number of pyridine rings is 1. The van der Waals surface area contributed by atoms with Gasteiger partial charge in [-0.3, -0.25) is 14.7 Å². The fourth-order valence-electron chi connectivity index (χ4n) is 2.68. The summed E-state index contributed by atoms with van der Waals surface area (Å²) in [5.74, 6) is -0.150. The Morgan fingerprint density at radius 2 is 1.89 bits per heavy atom. The summed E-state index contributed by atoms with van der Waals surface area (Å²) in [4.78, 5) is 24.0. The molecule has 0 N–H and O–H groups in total. The van der Waals surface area contributed by atoms with Crippen LogP contribution in [0, 0.1) is 0 Å². The highest BCUT2D eigenvalue weighted by Gasteiger charge is 2.24. The molecule has 0 radical (unpaired) electrons. The first-order valence-electron chi connectivity index (χ1n) is 8.15. The van der Waals surface area contributed by atoms with Gasteiger partial charge in [0.15, 0.2) is 5.13 Å². The van der Waals surface area contributed by atoms with Crippen molar-refractivity contribution >= 4 is 60.1 Å². The molecule has 4 aromatic rings. The minimum Gasteiger partial charge on any atom is -0.278 e. The second-order valence-corrected chi connectivity index (χ2v) is 8.05. The van der Waals surface area contributed by atoms with Crippen molar-refractivity contribution in [3.63, 3.8) is 0 Å². The molecule has 0 unspecified atom stereocenters. The molecule has 0 atom stereocenters. The van der Waals surface area contributed by atoms with E-state index in [9.17, 15) is 4.79 Å². The van der Waals surface area contributed by atoms with Gasteiger partial charge in [0.2, 0.25) is 0 Å². The van der Waals surface area contributed by atoms with Crippen molar-refractivity contribution in [3.8, 4) is 0 Å². The van der Waals surface area contributed by atoms with Crippen molar-refractivity contribution in [2.24, 2.45) is 0 Å². The maximum atomic E-state index is 13.3. The fraction of sp³-hybridized carbons (Fsp3) is 0.0500. The molecule has 0 spiro atoms. The van der Waals surface area contributed by atoms with E-state index >= 15 is 0 Å². The van der Waals surface area contributed by atoms with Gasteiger partial charge >= 0.3 is 0 Å². The van der Waals surface area contributed by atoms with Crippen LogP contribution in [0.4, 0.5) is 5.13 Å². The molecule has 0 bridgehead atoms. The molecule has 1 amide bonds. The number of fused-ring (bicyclic) bond motifs is 1. The second kappa shape index (κ2) is 7.76. The third-order valence-corrected chi connectivity index (χ3v) is 6.03. The lowest BCUT2D eigenvalue weighted by Gasteiger charge is -2.20. The molecule has 0 fully saturated rings. The highest BCUT2D eigenvalue weighted by Crippen LogP contribution is 2.34. The number of aromatic nitrogens is 2. The molecule has 2 aromatic heterocycles. The van der Waals surface area contributed by atoms with E-state index in [-0.39, 0.29) is 5.91 Å². The Morgan fingerprint density at radius 1 is 1.07 bits per heavy atom. The van der Waals surface area contributed by atoms with Crippen LogP contribution in [0.15, 0.2) is 71.3 Å². The lowest BCUT2D eigenvalue weighted by atomic mass is 10.2. The Labute approximate surface area is 173 Å². The Bertz CT molecular complexity index is 1120. The fourth-order valence-corrected chi connectivity index (χ4v) is 4.40. The van der Waals surface area contributed by atoms with Crippen molar-refractivity contribution in [3.05, 3.63) is 87.6 Å². The van der Waals surface area contributed by atoms with Crippen molar-refractivity contribution < 1.29 is 4.79 Å². The van der Waals surface area contributed by atoms with Crippen LogP contribution in [-0.2, 0) is 6.54 Å². The van der Waals surface area contributed by atoms with Crippen molar-refractivity contribution in [1.29, 1.82) is 0 Å². The maximum Gasteiger partial charge on any atom is 0.261 e. The van der Waals surface area contributed by atoms with Gasteiger partial charge in [0.05, 0.1) is 27.5 Å². The number of benzene rings is 2. The first kappa shape index (κ1) is 18.1. The Balaban J connectivity index is 1.81. The predicted octanol–water partition coefficient (Wildman–Crippen LogP) is 5.95. The Kier molecular flexibility index (Phi) is 5.20. The highest BCUT2D eigenvalue weighted by atomic mass is 79.9. The number of carbonyl (C=O) groups is 1. The van der Waals surface area contributed by atoms with E-state index in [0.29, 0.717) is 27.8 Å². The first-order valence-corrected chi connectivity index (χ1v) is 10.1. The highest BCUT2D eigenvalue weighted by molar-refractivity contribution is 9.10. The molecule has 0 saturated carbocycles. The van der Waals surface area contributed by atoms with Crippen LogP contribution < -0.4 is 4.90 Å². The number of thiazole rings is 1. The summed E-state index contributed by atoms with van der Waals surface area (Å²) in [5, 5.41) is 1.16. The van der Waals surface area contributed by atoms with Crippen LogP contribution in [0.25, 0.3) is 10.2 Å². The van der Waals surface area contributed by atoms with Crippen molar-refractivity contribution in [1.82, 2.24) is 9.97 Å². The largest absolute Gasteiger partial charge is 0.278 e. The van der Waals surface area contributed by atoms with E-state index in [1.54, 1.807) is 23.2 Å². The molecule has 0 aliphatic rings.